The number of hydrogen-bond acceptors (Lipinski definition) is 0. The van der Waals surface area contributed by atoms with Crippen molar-refractivity contribution in [3.63, 3.8) is 0 Å². The van der Waals surface area contributed by atoms with E-state index in [1.807, 2.05) is 0 Å². The first kappa shape index (κ1) is 21.6. The quantitative estimate of drug-likeness (QED) is 0.404. The van der Waals surface area contributed by atoms with Crippen molar-refractivity contribution in [3.05, 3.63) is 65.5 Å². The van der Waals surface area contributed by atoms with Gasteiger partial charge in [-0.3, -0.25) is 0 Å². The fourth-order valence-corrected chi connectivity index (χ4v) is 5.34. The SMILES string of the molecule is CCCCCCC[CH]([InH2])c1cc[n+](Cc2ccccc2)c(C)c1.[Cl-]. The maximum atomic E-state index is 2.43. The van der Waals surface area contributed by atoms with Crippen LogP contribution >= 0.6 is 0 Å². The molecule has 0 saturated heterocycles. The van der Waals surface area contributed by atoms with Gasteiger partial charge in [-0.2, -0.15) is 0 Å². The zero-order valence-electron chi connectivity index (χ0n) is 15.5. The normalized spacial score (nSPS) is 11.8. The average Bonchev–Trinajstić information content (AvgIpc) is 2.57. The standard InChI is InChI=1S/C21H29N.ClH.In.2H/c1-3-4-5-6-7-9-12-20-15-16-22(19(2)17-20)18-21-13-10-8-11-14-21;;;;/h8,10-17H,3-7,9,18H2,1-2H3;1H;;;/q+1;;;;/p-1. The molecule has 0 aliphatic rings. The molecule has 0 radical (unpaired) electrons. The number of hydrogen-bond donors (Lipinski definition) is 0. The van der Waals surface area contributed by atoms with E-state index in [2.05, 4.69) is 67.1 Å². The first-order valence-electron chi connectivity index (χ1n) is 9.24. The van der Waals surface area contributed by atoms with Gasteiger partial charge in [-0.05, 0) is 0 Å². The second kappa shape index (κ2) is 12.0. The third-order valence-electron chi connectivity index (χ3n) is 4.78. The zero-order valence-corrected chi connectivity index (χ0v) is 21.9. The van der Waals surface area contributed by atoms with Crippen LogP contribution in [0.25, 0.3) is 0 Å². The summed E-state index contributed by atoms with van der Waals surface area (Å²) in [4.78, 5) is 0. The Morgan fingerprint density at radius 2 is 1.71 bits per heavy atom. The van der Waals surface area contributed by atoms with E-state index in [0.717, 1.165) is 10.2 Å². The fraction of sp³-hybridized carbons (Fsp3) is 0.476. The predicted molar refractivity (Wildman–Crippen MR) is 102 cm³/mol. The largest absolute Gasteiger partial charge is 1.00 e. The van der Waals surface area contributed by atoms with Crippen LogP contribution in [0.2, 0.25) is 0 Å². The summed E-state index contributed by atoms with van der Waals surface area (Å²) in [6.07, 6.45) is 10.7. The summed E-state index contributed by atoms with van der Waals surface area (Å²) < 4.78 is 3.24. The molecule has 0 amide bonds. The molecule has 1 atom stereocenters. The topological polar surface area (TPSA) is 3.88 Å². The third kappa shape index (κ3) is 7.19. The Morgan fingerprint density at radius 3 is 2.38 bits per heavy atom. The Balaban J connectivity index is 0.00000288. The van der Waals surface area contributed by atoms with Gasteiger partial charge in [0.05, 0.1) is 0 Å². The molecule has 2 aromatic rings. The summed E-state index contributed by atoms with van der Waals surface area (Å²) >= 11 is 0.691. The van der Waals surface area contributed by atoms with Crippen LogP contribution in [0.5, 0.6) is 0 Å². The van der Waals surface area contributed by atoms with E-state index < -0.39 is 0 Å². The second-order valence-corrected chi connectivity index (χ2v) is 10.8. The monoisotopic (exact) mass is 447 g/mol. The van der Waals surface area contributed by atoms with Crippen LogP contribution in [-0.4, -0.2) is 24.4 Å². The predicted octanol–water partition coefficient (Wildman–Crippen LogP) is 1.37. The summed E-state index contributed by atoms with van der Waals surface area (Å²) in [5.41, 5.74) is 4.34. The van der Waals surface area contributed by atoms with Crippen molar-refractivity contribution in [2.45, 2.75) is 62.6 Å². The van der Waals surface area contributed by atoms with Gasteiger partial charge in [0.1, 0.15) is 0 Å². The van der Waals surface area contributed by atoms with Crippen molar-refractivity contribution in [1.82, 2.24) is 0 Å². The van der Waals surface area contributed by atoms with E-state index in [-0.39, 0.29) is 12.4 Å². The van der Waals surface area contributed by atoms with Gasteiger partial charge in [-0.25, -0.2) is 0 Å². The van der Waals surface area contributed by atoms with Crippen LogP contribution in [0.3, 0.4) is 0 Å². The van der Waals surface area contributed by atoms with Crippen molar-refractivity contribution in [2.75, 3.05) is 0 Å². The molecule has 1 heterocycles. The average molecular weight is 448 g/mol. The number of aryl methyl sites for hydroxylation is 1. The van der Waals surface area contributed by atoms with Gasteiger partial charge in [0, 0.05) is 0 Å². The number of unbranched alkanes of at least 4 members (excludes halogenated alkanes) is 4. The Labute approximate surface area is 168 Å². The summed E-state index contributed by atoms with van der Waals surface area (Å²) in [6, 6.07) is 15.5. The Bertz CT molecular complexity index is 586. The molecule has 1 unspecified atom stereocenters. The number of aromatic nitrogens is 1. The molecule has 0 spiro atoms. The molecular formula is C21H31ClInN. The zero-order chi connectivity index (χ0) is 16.5. The smallest absolute Gasteiger partial charge is 1.00 e. The van der Waals surface area contributed by atoms with Gasteiger partial charge in [0.25, 0.3) is 0 Å². The van der Waals surface area contributed by atoms with Gasteiger partial charge in [-0.15, -0.1) is 0 Å². The first-order chi connectivity index (χ1) is 11.2. The van der Waals surface area contributed by atoms with Crippen LogP contribution in [0.1, 0.15) is 65.9 Å². The van der Waals surface area contributed by atoms with Crippen molar-refractivity contribution >= 4 is 24.4 Å². The van der Waals surface area contributed by atoms with Gasteiger partial charge in [0.2, 0.25) is 0 Å². The number of nitrogens with zero attached hydrogens (tertiary/aromatic N) is 1. The minimum Gasteiger partial charge on any atom is -1.00 e. The first-order valence-corrected chi connectivity index (χ1v) is 12.5. The molecule has 0 fully saturated rings. The molecule has 0 aliphatic carbocycles. The Kier molecular flexibility index (Phi) is 10.8. The molecule has 0 saturated carbocycles. The van der Waals surface area contributed by atoms with E-state index in [4.69, 9.17) is 0 Å². The molecule has 1 aromatic heterocycles. The van der Waals surface area contributed by atoms with Crippen molar-refractivity contribution in [2.24, 2.45) is 0 Å². The minimum absolute atomic E-state index is 0. The molecule has 130 valence electrons. The molecule has 0 bridgehead atoms. The number of pyridine rings is 1. The molecule has 0 N–H and O–H groups in total. The Hall–Kier alpha value is -0.470. The van der Waals surface area contributed by atoms with Gasteiger partial charge < -0.3 is 12.4 Å². The maximum absolute atomic E-state index is 2.43. The van der Waals surface area contributed by atoms with Crippen LogP contribution in [0, 0.1) is 6.92 Å². The number of rotatable bonds is 9. The number of halogens is 1. The van der Waals surface area contributed by atoms with Crippen LogP contribution < -0.4 is 17.0 Å². The fourth-order valence-electron chi connectivity index (χ4n) is 3.15. The Morgan fingerprint density at radius 1 is 1.00 bits per heavy atom. The second-order valence-electron chi connectivity index (χ2n) is 6.82. The maximum Gasteiger partial charge on any atom is -1.00 e. The van der Waals surface area contributed by atoms with E-state index in [1.165, 1.54) is 49.8 Å². The van der Waals surface area contributed by atoms with Crippen molar-refractivity contribution in [1.29, 1.82) is 0 Å². The van der Waals surface area contributed by atoms with Crippen molar-refractivity contribution < 1.29 is 17.0 Å². The van der Waals surface area contributed by atoms with Gasteiger partial charge in [0.15, 0.2) is 0 Å². The van der Waals surface area contributed by atoms with Crippen LogP contribution in [0.15, 0.2) is 48.7 Å². The third-order valence-corrected chi connectivity index (χ3v) is 8.33. The molecule has 24 heavy (non-hydrogen) atoms. The molecule has 2 rings (SSSR count). The van der Waals surface area contributed by atoms with E-state index in [9.17, 15) is 0 Å². The number of benzene rings is 1. The van der Waals surface area contributed by atoms with E-state index in [1.54, 1.807) is 5.56 Å². The van der Waals surface area contributed by atoms with Gasteiger partial charge in [-0.1, -0.05) is 0 Å². The molecule has 1 nitrogen and oxygen atoms in total. The summed E-state index contributed by atoms with van der Waals surface area (Å²) in [5.74, 6) is 0. The van der Waals surface area contributed by atoms with Crippen molar-refractivity contribution in [3.8, 4) is 0 Å². The molecule has 0 aliphatic heterocycles. The van der Waals surface area contributed by atoms with Crippen LogP contribution in [0.4, 0.5) is 0 Å². The van der Waals surface area contributed by atoms with Crippen LogP contribution in [-0.2, 0) is 6.54 Å². The minimum atomic E-state index is 0. The summed E-state index contributed by atoms with van der Waals surface area (Å²) in [7, 11) is 0. The summed E-state index contributed by atoms with van der Waals surface area (Å²) in [6.45, 7) is 5.51. The molecule has 3 heteroatoms. The van der Waals surface area contributed by atoms with E-state index in [0.29, 0.717) is 24.4 Å². The molecule has 1 aromatic carbocycles. The van der Waals surface area contributed by atoms with Gasteiger partial charge >= 0.3 is 157 Å². The molecular weight excluding hydrogens is 417 g/mol. The summed E-state index contributed by atoms with van der Waals surface area (Å²) in [5, 5.41) is 0. The van der Waals surface area contributed by atoms with E-state index >= 15 is 0 Å².